The van der Waals surface area contributed by atoms with Crippen LogP contribution < -0.4 is 4.74 Å². The van der Waals surface area contributed by atoms with Gasteiger partial charge in [0.15, 0.2) is 5.78 Å². The van der Waals surface area contributed by atoms with Crippen molar-refractivity contribution in [2.24, 2.45) is 0 Å². The van der Waals surface area contributed by atoms with Gasteiger partial charge < -0.3 is 9.47 Å². The quantitative estimate of drug-likeness (QED) is 0.362. The summed E-state index contributed by atoms with van der Waals surface area (Å²) in [5.74, 6) is 0.436. The minimum atomic E-state index is -0.349. The predicted molar refractivity (Wildman–Crippen MR) is 84.1 cm³/mol. The van der Waals surface area contributed by atoms with Crippen molar-refractivity contribution in [3.63, 3.8) is 0 Å². The summed E-state index contributed by atoms with van der Waals surface area (Å²) in [5, 5.41) is 0. The van der Waals surface area contributed by atoms with E-state index in [1.165, 1.54) is 6.92 Å². The Kier molecular flexibility index (Phi) is 4.81. The van der Waals surface area contributed by atoms with Crippen LogP contribution in [0.25, 0.3) is 0 Å². The normalized spacial score (nSPS) is 16.7. The molecular weight excluding hydrogens is 280 g/mol. The van der Waals surface area contributed by atoms with Crippen LogP contribution in [-0.2, 0) is 16.0 Å². The van der Waals surface area contributed by atoms with Gasteiger partial charge in [-0.2, -0.15) is 0 Å². The van der Waals surface area contributed by atoms with E-state index < -0.39 is 0 Å². The largest absolute Gasteiger partial charge is 0.485 e. The number of allylic oxidation sites excluding steroid dienone is 1. The fraction of sp³-hybridized carbons (Fsp3) is 0.333. The second kappa shape index (κ2) is 6.60. The smallest absolute Gasteiger partial charge is 0.333 e. The minimum absolute atomic E-state index is 0.0286. The number of ketones is 1. The first-order valence-electron chi connectivity index (χ1n) is 7.20. The van der Waals surface area contributed by atoms with Gasteiger partial charge in [0.25, 0.3) is 0 Å². The molecule has 0 saturated heterocycles. The van der Waals surface area contributed by atoms with Gasteiger partial charge in [-0.05, 0) is 44.5 Å². The number of esters is 1. The van der Waals surface area contributed by atoms with Crippen molar-refractivity contribution in [3.8, 4) is 5.75 Å². The van der Waals surface area contributed by atoms with Crippen molar-refractivity contribution in [3.05, 3.63) is 53.1 Å². The van der Waals surface area contributed by atoms with Gasteiger partial charge in [0.1, 0.15) is 18.5 Å². The third-order valence-electron chi connectivity index (χ3n) is 3.74. The molecule has 0 radical (unpaired) electrons. The molecule has 0 spiro atoms. The van der Waals surface area contributed by atoms with Crippen LogP contribution in [-0.4, -0.2) is 24.5 Å². The van der Waals surface area contributed by atoms with Crippen molar-refractivity contribution < 1.29 is 19.1 Å². The molecule has 0 N–H and O–H groups in total. The lowest BCUT2D eigenvalue weighted by atomic mass is 10.0. The van der Waals surface area contributed by atoms with Crippen molar-refractivity contribution in [2.75, 3.05) is 6.61 Å². The number of hydrogen-bond donors (Lipinski definition) is 0. The minimum Gasteiger partial charge on any atom is -0.485 e. The highest BCUT2D eigenvalue weighted by Crippen LogP contribution is 2.32. The van der Waals surface area contributed by atoms with Gasteiger partial charge >= 0.3 is 5.97 Å². The zero-order valence-corrected chi connectivity index (χ0v) is 13.1. The molecule has 1 heterocycles. The molecule has 0 unspecified atom stereocenters. The van der Waals surface area contributed by atoms with Gasteiger partial charge in [0, 0.05) is 23.1 Å². The highest BCUT2D eigenvalue weighted by atomic mass is 16.5. The molecule has 4 heteroatoms. The van der Waals surface area contributed by atoms with Gasteiger partial charge in [-0.1, -0.05) is 12.7 Å². The van der Waals surface area contributed by atoms with E-state index in [1.807, 2.05) is 6.07 Å². The van der Waals surface area contributed by atoms with Crippen LogP contribution in [0, 0.1) is 0 Å². The molecule has 0 aliphatic carbocycles. The zero-order chi connectivity index (χ0) is 16.3. The Morgan fingerprint density at radius 3 is 2.77 bits per heavy atom. The Bertz CT molecular complexity index is 655. The average Bonchev–Trinajstić information content (AvgIpc) is 2.94. The zero-order valence-electron chi connectivity index (χ0n) is 13.1. The number of fused-ring (bicyclic) bond motifs is 1. The molecule has 0 saturated carbocycles. The second-order valence-corrected chi connectivity index (χ2v) is 5.40. The molecule has 116 valence electrons. The summed E-state index contributed by atoms with van der Waals surface area (Å²) in [4.78, 5) is 23.0. The van der Waals surface area contributed by atoms with Crippen LogP contribution in [0.1, 0.15) is 36.7 Å². The number of ether oxygens (including phenoxy) is 2. The summed E-state index contributed by atoms with van der Waals surface area (Å²) >= 11 is 0. The summed E-state index contributed by atoms with van der Waals surface area (Å²) in [6, 6.07) is 5.40. The maximum absolute atomic E-state index is 11.6. The van der Waals surface area contributed by atoms with Crippen LogP contribution >= 0.6 is 0 Å². The van der Waals surface area contributed by atoms with Crippen molar-refractivity contribution in [2.45, 2.75) is 33.3 Å². The maximum Gasteiger partial charge on any atom is 0.333 e. The monoisotopic (exact) mass is 300 g/mol. The Morgan fingerprint density at radius 1 is 1.41 bits per heavy atom. The standard InChI is InChI=1S/C18H20O4/c1-5-11(2)18(20)21-10-12(3)17-9-15-8-14(13(4)19)6-7-16(15)22-17/h5-8,17H,3,9-10H2,1-2,4H3/t17-/m1/s1. The first kappa shape index (κ1) is 16.0. The van der Waals surface area contributed by atoms with E-state index in [1.54, 1.807) is 32.1 Å². The third-order valence-corrected chi connectivity index (χ3v) is 3.74. The number of benzene rings is 1. The molecule has 1 aromatic rings. The summed E-state index contributed by atoms with van der Waals surface area (Å²) in [6.45, 7) is 9.10. The molecular formula is C18H20O4. The van der Waals surface area contributed by atoms with E-state index in [0.29, 0.717) is 23.1 Å². The Balaban J connectivity index is 1.97. The third kappa shape index (κ3) is 3.45. The Hall–Kier alpha value is -2.36. The first-order valence-corrected chi connectivity index (χ1v) is 7.20. The van der Waals surface area contributed by atoms with E-state index in [0.717, 1.165) is 11.3 Å². The van der Waals surface area contributed by atoms with Crippen LogP contribution in [0.5, 0.6) is 5.75 Å². The average molecular weight is 300 g/mol. The highest BCUT2D eigenvalue weighted by Gasteiger charge is 2.26. The van der Waals surface area contributed by atoms with Crippen molar-refractivity contribution in [1.29, 1.82) is 0 Å². The highest BCUT2D eigenvalue weighted by molar-refractivity contribution is 5.94. The predicted octanol–water partition coefficient (Wildman–Crippen LogP) is 3.26. The lowest BCUT2D eigenvalue weighted by Crippen LogP contribution is -2.20. The molecule has 1 aliphatic heterocycles. The van der Waals surface area contributed by atoms with E-state index in [4.69, 9.17) is 9.47 Å². The molecule has 2 rings (SSSR count). The van der Waals surface area contributed by atoms with E-state index in [9.17, 15) is 9.59 Å². The van der Waals surface area contributed by atoms with Gasteiger partial charge in [-0.3, -0.25) is 4.79 Å². The Labute approximate surface area is 130 Å². The lowest BCUT2D eigenvalue weighted by molar-refractivity contribution is -0.138. The van der Waals surface area contributed by atoms with Gasteiger partial charge in [0.05, 0.1) is 0 Å². The fourth-order valence-electron chi connectivity index (χ4n) is 2.18. The van der Waals surface area contributed by atoms with Crippen LogP contribution in [0.3, 0.4) is 0 Å². The number of carbonyl (C=O) groups excluding carboxylic acids is 2. The van der Waals surface area contributed by atoms with E-state index in [-0.39, 0.29) is 24.5 Å². The molecule has 1 aromatic carbocycles. The Morgan fingerprint density at radius 2 is 2.14 bits per heavy atom. The van der Waals surface area contributed by atoms with Crippen LogP contribution in [0.4, 0.5) is 0 Å². The van der Waals surface area contributed by atoms with Crippen molar-refractivity contribution in [1.82, 2.24) is 0 Å². The van der Waals surface area contributed by atoms with Crippen molar-refractivity contribution >= 4 is 11.8 Å². The molecule has 0 amide bonds. The van der Waals surface area contributed by atoms with Crippen LogP contribution in [0.2, 0.25) is 0 Å². The van der Waals surface area contributed by atoms with Crippen LogP contribution in [0.15, 0.2) is 42.0 Å². The lowest BCUT2D eigenvalue weighted by Gasteiger charge is -2.14. The number of Topliss-reactive ketones (excluding diaryl/α,β-unsaturated/α-hetero) is 1. The molecule has 22 heavy (non-hydrogen) atoms. The first-order chi connectivity index (χ1) is 10.4. The van der Waals surface area contributed by atoms with E-state index >= 15 is 0 Å². The summed E-state index contributed by atoms with van der Waals surface area (Å²) < 4.78 is 11.0. The number of carbonyl (C=O) groups is 2. The molecule has 1 atom stereocenters. The van der Waals surface area contributed by atoms with Gasteiger partial charge in [-0.15, -0.1) is 0 Å². The molecule has 0 bridgehead atoms. The van der Waals surface area contributed by atoms with E-state index in [2.05, 4.69) is 6.58 Å². The number of rotatable bonds is 5. The summed E-state index contributed by atoms with van der Waals surface area (Å²) in [5.41, 5.74) is 2.92. The molecule has 1 aliphatic rings. The number of hydrogen-bond acceptors (Lipinski definition) is 4. The van der Waals surface area contributed by atoms with Gasteiger partial charge in [-0.25, -0.2) is 4.79 Å². The maximum atomic E-state index is 11.6. The second-order valence-electron chi connectivity index (χ2n) is 5.40. The SMILES string of the molecule is C=C(COC(=O)C(C)=CC)[C@H]1Cc2cc(C(C)=O)ccc2O1. The summed E-state index contributed by atoms with van der Waals surface area (Å²) in [7, 11) is 0. The topological polar surface area (TPSA) is 52.6 Å². The molecule has 4 nitrogen and oxygen atoms in total. The molecule has 0 aromatic heterocycles. The fourth-order valence-corrected chi connectivity index (χ4v) is 2.18. The van der Waals surface area contributed by atoms with Gasteiger partial charge in [0.2, 0.25) is 0 Å². The summed E-state index contributed by atoms with van der Waals surface area (Å²) in [6.07, 6.45) is 2.11. The molecule has 0 fully saturated rings.